The predicted molar refractivity (Wildman–Crippen MR) is 52.9 cm³/mol. The molecule has 3 nitrogen and oxygen atoms in total. The summed E-state index contributed by atoms with van der Waals surface area (Å²) < 4.78 is 19.8. The van der Waals surface area contributed by atoms with Crippen LogP contribution in [0.4, 0.5) is 4.39 Å². The van der Waals surface area contributed by atoms with Crippen LogP contribution in [0.25, 0.3) is 17.1 Å². The first-order chi connectivity index (χ1) is 7.33. The van der Waals surface area contributed by atoms with Gasteiger partial charge in [0.15, 0.2) is 0 Å². The molecule has 74 valence electrons. The van der Waals surface area contributed by atoms with Gasteiger partial charge in [0, 0.05) is 18.0 Å². The molecule has 0 radical (unpaired) electrons. The van der Waals surface area contributed by atoms with Crippen LogP contribution >= 0.6 is 0 Å². The van der Waals surface area contributed by atoms with Gasteiger partial charge in [0.1, 0.15) is 12.1 Å². The third-order valence-electron chi connectivity index (χ3n) is 2.21. The highest BCUT2D eigenvalue weighted by atomic mass is 19.1. The molecular formula is C11H7FN2O. The number of nitrogens with zero attached hydrogens (tertiary/aromatic N) is 2. The third kappa shape index (κ3) is 1.30. The second-order valence-corrected chi connectivity index (χ2v) is 3.23. The molecule has 1 aromatic carbocycles. The van der Waals surface area contributed by atoms with Gasteiger partial charge in [0.2, 0.25) is 0 Å². The minimum atomic E-state index is -0.267. The van der Waals surface area contributed by atoms with Crippen molar-refractivity contribution in [1.29, 1.82) is 0 Å². The molecule has 0 aliphatic heterocycles. The molecule has 0 fully saturated rings. The van der Waals surface area contributed by atoms with Crippen LogP contribution < -0.4 is 0 Å². The standard InChI is InChI=1S/C11H7FN2O/c12-9-3-1-2-8(6-9)10-7-14-4-5-15-11(14)13-10/h1-7H. The minimum absolute atomic E-state index is 0.267. The highest BCUT2D eigenvalue weighted by Gasteiger charge is 2.06. The number of benzene rings is 1. The molecule has 0 aliphatic rings. The third-order valence-corrected chi connectivity index (χ3v) is 2.21. The van der Waals surface area contributed by atoms with Gasteiger partial charge in [0.05, 0.1) is 5.69 Å². The summed E-state index contributed by atoms with van der Waals surface area (Å²) in [7, 11) is 0. The van der Waals surface area contributed by atoms with Crippen LogP contribution in [0.15, 0.2) is 47.3 Å². The van der Waals surface area contributed by atoms with Gasteiger partial charge in [-0.2, -0.15) is 4.98 Å². The molecule has 15 heavy (non-hydrogen) atoms. The first-order valence-electron chi connectivity index (χ1n) is 4.51. The van der Waals surface area contributed by atoms with Crippen LogP contribution in [-0.2, 0) is 0 Å². The summed E-state index contributed by atoms with van der Waals surface area (Å²) in [6.07, 6.45) is 5.11. The smallest absolute Gasteiger partial charge is 0.306 e. The Kier molecular flexibility index (Phi) is 1.62. The average Bonchev–Trinajstić information content (AvgIpc) is 2.76. The summed E-state index contributed by atoms with van der Waals surface area (Å²) in [5.41, 5.74) is 1.45. The van der Waals surface area contributed by atoms with Crippen LogP contribution in [-0.4, -0.2) is 9.38 Å². The summed E-state index contributed by atoms with van der Waals surface area (Å²) >= 11 is 0. The van der Waals surface area contributed by atoms with Gasteiger partial charge >= 0.3 is 5.84 Å². The van der Waals surface area contributed by atoms with Crippen molar-refractivity contribution in [2.75, 3.05) is 0 Å². The second kappa shape index (κ2) is 2.95. The molecular weight excluding hydrogens is 195 g/mol. The summed E-state index contributed by atoms with van der Waals surface area (Å²) in [5, 5.41) is 0. The Bertz CT molecular complexity index is 583. The van der Waals surface area contributed by atoms with E-state index in [9.17, 15) is 4.39 Å². The van der Waals surface area contributed by atoms with E-state index in [0.717, 1.165) is 5.56 Å². The van der Waals surface area contributed by atoms with Crippen molar-refractivity contribution in [3.8, 4) is 11.3 Å². The first-order valence-corrected chi connectivity index (χ1v) is 4.51. The average molecular weight is 202 g/mol. The Morgan fingerprint density at radius 3 is 3.07 bits per heavy atom. The fourth-order valence-electron chi connectivity index (χ4n) is 1.51. The lowest BCUT2D eigenvalue weighted by Gasteiger charge is -1.94. The highest BCUT2D eigenvalue weighted by molar-refractivity contribution is 5.60. The van der Waals surface area contributed by atoms with E-state index in [1.165, 1.54) is 12.1 Å². The molecule has 3 aromatic rings. The Labute approximate surface area is 84.8 Å². The van der Waals surface area contributed by atoms with Crippen LogP contribution in [0.1, 0.15) is 0 Å². The maximum Gasteiger partial charge on any atom is 0.306 e. The fraction of sp³-hybridized carbons (Fsp3) is 0. The van der Waals surface area contributed by atoms with Crippen LogP contribution in [0.3, 0.4) is 0 Å². The summed E-state index contributed by atoms with van der Waals surface area (Å²) in [5.74, 6) is 0.242. The predicted octanol–water partition coefficient (Wildman–Crippen LogP) is 2.73. The lowest BCUT2D eigenvalue weighted by atomic mass is 10.2. The maximum atomic E-state index is 13.0. The largest absolute Gasteiger partial charge is 0.432 e. The van der Waals surface area contributed by atoms with E-state index in [0.29, 0.717) is 11.5 Å². The second-order valence-electron chi connectivity index (χ2n) is 3.23. The Morgan fingerprint density at radius 2 is 2.27 bits per heavy atom. The number of rotatable bonds is 1. The molecule has 0 atom stereocenters. The van der Waals surface area contributed by atoms with E-state index >= 15 is 0 Å². The van der Waals surface area contributed by atoms with E-state index in [-0.39, 0.29) is 5.82 Å². The van der Waals surface area contributed by atoms with Gasteiger partial charge in [-0.3, -0.25) is 4.40 Å². The van der Waals surface area contributed by atoms with Crippen LogP contribution in [0.2, 0.25) is 0 Å². The van der Waals surface area contributed by atoms with Gasteiger partial charge in [-0.05, 0) is 12.1 Å². The van der Waals surface area contributed by atoms with Gasteiger partial charge in [0.25, 0.3) is 0 Å². The fourth-order valence-corrected chi connectivity index (χ4v) is 1.51. The molecule has 0 saturated heterocycles. The van der Waals surface area contributed by atoms with Gasteiger partial charge in [-0.15, -0.1) is 0 Å². The van der Waals surface area contributed by atoms with Gasteiger partial charge in [-0.25, -0.2) is 4.39 Å². The molecule has 4 heteroatoms. The number of aromatic nitrogens is 2. The highest BCUT2D eigenvalue weighted by Crippen LogP contribution is 2.19. The molecule has 0 aliphatic carbocycles. The number of hydrogen-bond acceptors (Lipinski definition) is 2. The number of imidazole rings is 1. The van der Waals surface area contributed by atoms with Crippen LogP contribution in [0.5, 0.6) is 0 Å². The molecule has 0 spiro atoms. The van der Waals surface area contributed by atoms with E-state index < -0.39 is 0 Å². The Balaban J connectivity index is 2.17. The lowest BCUT2D eigenvalue weighted by Crippen LogP contribution is -1.79. The summed E-state index contributed by atoms with van der Waals surface area (Å²) in [6, 6.07) is 6.32. The molecule has 0 saturated carbocycles. The normalized spacial score (nSPS) is 11.0. The number of hydrogen-bond donors (Lipinski definition) is 0. The minimum Gasteiger partial charge on any atom is -0.432 e. The number of oxazole rings is 1. The van der Waals surface area contributed by atoms with E-state index in [4.69, 9.17) is 4.42 Å². The zero-order valence-corrected chi connectivity index (χ0v) is 7.72. The lowest BCUT2D eigenvalue weighted by molar-refractivity contribution is 0.596. The first kappa shape index (κ1) is 8.23. The monoisotopic (exact) mass is 202 g/mol. The zero-order chi connectivity index (χ0) is 10.3. The van der Waals surface area contributed by atoms with Crippen molar-refractivity contribution in [2.45, 2.75) is 0 Å². The molecule has 0 amide bonds. The molecule has 0 bridgehead atoms. The van der Waals surface area contributed by atoms with Crippen molar-refractivity contribution >= 4 is 5.84 Å². The number of halogens is 1. The van der Waals surface area contributed by atoms with Gasteiger partial charge < -0.3 is 4.42 Å². The van der Waals surface area contributed by atoms with E-state index in [1.54, 1.807) is 29.1 Å². The molecule has 0 unspecified atom stereocenters. The molecule has 2 aromatic heterocycles. The van der Waals surface area contributed by atoms with Crippen molar-refractivity contribution < 1.29 is 8.81 Å². The Hall–Kier alpha value is -2.10. The SMILES string of the molecule is Fc1cccc(-c2cn3ccoc3n2)c1. The van der Waals surface area contributed by atoms with Crippen molar-refractivity contribution in [2.24, 2.45) is 0 Å². The van der Waals surface area contributed by atoms with Gasteiger partial charge in [-0.1, -0.05) is 12.1 Å². The molecule has 3 rings (SSSR count). The number of fused-ring (bicyclic) bond motifs is 1. The maximum absolute atomic E-state index is 13.0. The molecule has 2 heterocycles. The van der Waals surface area contributed by atoms with Crippen molar-refractivity contribution in [3.05, 3.63) is 48.7 Å². The topological polar surface area (TPSA) is 30.4 Å². The van der Waals surface area contributed by atoms with Crippen molar-refractivity contribution in [3.63, 3.8) is 0 Å². The van der Waals surface area contributed by atoms with E-state index in [2.05, 4.69) is 4.98 Å². The zero-order valence-electron chi connectivity index (χ0n) is 7.72. The summed E-state index contributed by atoms with van der Waals surface area (Å²) in [6.45, 7) is 0. The van der Waals surface area contributed by atoms with Crippen molar-refractivity contribution in [1.82, 2.24) is 9.38 Å². The molecule has 0 N–H and O–H groups in total. The summed E-state index contributed by atoms with van der Waals surface area (Å²) in [4.78, 5) is 4.21. The van der Waals surface area contributed by atoms with Crippen LogP contribution in [0, 0.1) is 5.82 Å². The Morgan fingerprint density at radius 1 is 1.33 bits per heavy atom. The van der Waals surface area contributed by atoms with E-state index in [1.807, 2.05) is 6.07 Å². The quantitative estimate of drug-likeness (QED) is 0.607.